The van der Waals surface area contributed by atoms with Crippen molar-refractivity contribution in [3.63, 3.8) is 0 Å². The number of rotatable bonds is 4. The van der Waals surface area contributed by atoms with Crippen molar-refractivity contribution in [1.82, 2.24) is 24.0 Å². The van der Waals surface area contributed by atoms with E-state index in [2.05, 4.69) is 14.4 Å². The van der Waals surface area contributed by atoms with E-state index in [4.69, 9.17) is 0 Å². The smallest absolute Gasteiger partial charge is 0.244 e. The van der Waals surface area contributed by atoms with Crippen LogP contribution in [0.2, 0.25) is 0 Å². The van der Waals surface area contributed by atoms with E-state index in [1.165, 1.54) is 4.68 Å². The normalized spacial score (nSPS) is 18.7. The second kappa shape index (κ2) is 6.55. The molecule has 0 saturated heterocycles. The van der Waals surface area contributed by atoms with Gasteiger partial charge in [-0.3, -0.25) is 9.48 Å². The Hall–Kier alpha value is -2.13. The summed E-state index contributed by atoms with van der Waals surface area (Å²) in [6.07, 6.45) is 1.99. The Balaban J connectivity index is 1.79. The van der Waals surface area contributed by atoms with Crippen LogP contribution in [0.15, 0.2) is 23.2 Å². The highest BCUT2D eigenvalue weighted by Gasteiger charge is 2.33. The molecule has 8 nitrogen and oxygen atoms in total. The molecule has 0 aromatic carbocycles. The quantitative estimate of drug-likeness (QED) is 0.862. The van der Waals surface area contributed by atoms with E-state index >= 15 is 0 Å². The molecule has 142 valence electrons. The molecule has 1 N–H and O–H groups in total. The van der Waals surface area contributed by atoms with Crippen LogP contribution in [0, 0.1) is 13.8 Å². The van der Waals surface area contributed by atoms with Gasteiger partial charge in [0.2, 0.25) is 15.9 Å². The number of nitrogens with zero attached hydrogens (tertiary/aromatic N) is 4. The lowest BCUT2D eigenvalue weighted by Crippen LogP contribution is -2.50. The SMILES string of the molecule is Cc1nn(C)c(C)c1S(=O)(=O)N[C@@H](C)C(=O)N1CCn2cccc2[C@H]1C. The monoisotopic (exact) mass is 379 g/mol. The molecule has 0 fully saturated rings. The number of nitrogens with one attached hydrogen (secondary N) is 1. The highest BCUT2D eigenvalue weighted by Crippen LogP contribution is 2.26. The van der Waals surface area contributed by atoms with Crippen LogP contribution < -0.4 is 4.72 Å². The van der Waals surface area contributed by atoms with Crippen molar-refractivity contribution in [3.8, 4) is 0 Å². The maximum atomic E-state index is 12.9. The maximum Gasteiger partial charge on any atom is 0.244 e. The number of amides is 1. The minimum absolute atomic E-state index is 0.0972. The first-order valence-electron chi connectivity index (χ1n) is 8.61. The number of aryl methyl sites for hydroxylation is 2. The Bertz CT molecular complexity index is 944. The molecule has 2 atom stereocenters. The van der Waals surface area contributed by atoms with E-state index in [9.17, 15) is 13.2 Å². The Morgan fingerprint density at radius 2 is 2.04 bits per heavy atom. The van der Waals surface area contributed by atoms with Crippen LogP contribution in [0.3, 0.4) is 0 Å². The second-order valence-corrected chi connectivity index (χ2v) is 8.45. The van der Waals surface area contributed by atoms with E-state index in [1.54, 1.807) is 32.7 Å². The van der Waals surface area contributed by atoms with E-state index in [1.807, 2.05) is 25.3 Å². The van der Waals surface area contributed by atoms with Gasteiger partial charge in [0.25, 0.3) is 0 Å². The fourth-order valence-electron chi connectivity index (χ4n) is 3.61. The van der Waals surface area contributed by atoms with Crippen LogP contribution in [0.5, 0.6) is 0 Å². The topological polar surface area (TPSA) is 89.2 Å². The summed E-state index contributed by atoms with van der Waals surface area (Å²) in [6.45, 7) is 8.15. The van der Waals surface area contributed by atoms with Gasteiger partial charge in [-0.1, -0.05) is 0 Å². The molecule has 0 aliphatic carbocycles. The number of carbonyl (C=O) groups excluding carboxylic acids is 1. The third kappa shape index (κ3) is 3.05. The summed E-state index contributed by atoms with van der Waals surface area (Å²) < 4.78 is 31.7. The molecule has 9 heteroatoms. The van der Waals surface area contributed by atoms with Crippen molar-refractivity contribution < 1.29 is 13.2 Å². The van der Waals surface area contributed by atoms with E-state index in [0.717, 1.165) is 5.69 Å². The first-order valence-corrected chi connectivity index (χ1v) is 10.1. The fourth-order valence-corrected chi connectivity index (χ4v) is 5.25. The Morgan fingerprint density at radius 1 is 1.35 bits per heavy atom. The van der Waals surface area contributed by atoms with Crippen LogP contribution in [0.1, 0.15) is 37.0 Å². The lowest BCUT2D eigenvalue weighted by Gasteiger charge is -2.36. The number of hydrogen-bond donors (Lipinski definition) is 1. The lowest BCUT2D eigenvalue weighted by molar-refractivity contribution is -0.135. The molecule has 1 amide bonds. The van der Waals surface area contributed by atoms with Gasteiger partial charge in [0.05, 0.1) is 23.5 Å². The number of aromatic nitrogens is 3. The van der Waals surface area contributed by atoms with Crippen molar-refractivity contribution >= 4 is 15.9 Å². The largest absolute Gasteiger partial charge is 0.348 e. The average molecular weight is 379 g/mol. The fraction of sp³-hybridized carbons (Fsp3) is 0.529. The van der Waals surface area contributed by atoms with Crippen molar-refractivity contribution in [2.45, 2.75) is 51.2 Å². The molecular formula is C17H25N5O3S. The maximum absolute atomic E-state index is 12.9. The first-order chi connectivity index (χ1) is 12.1. The lowest BCUT2D eigenvalue weighted by atomic mass is 10.1. The average Bonchev–Trinajstić information content (AvgIpc) is 3.12. The summed E-state index contributed by atoms with van der Waals surface area (Å²) >= 11 is 0. The number of carbonyl (C=O) groups is 1. The van der Waals surface area contributed by atoms with Gasteiger partial charge >= 0.3 is 0 Å². The molecular weight excluding hydrogens is 354 g/mol. The molecule has 0 radical (unpaired) electrons. The Labute approximate surface area is 153 Å². The van der Waals surface area contributed by atoms with Crippen LogP contribution in [-0.2, 0) is 28.4 Å². The minimum atomic E-state index is -3.84. The standard InChI is InChI=1S/C17H25N5O3S/c1-11-16(14(4)20(5)18-11)26(24,25)19-12(2)17(23)22-10-9-21-8-6-7-15(21)13(22)3/h6-8,12-13,19H,9-10H2,1-5H3/t12-,13+/m0/s1. The molecule has 0 bridgehead atoms. The van der Waals surface area contributed by atoms with Crippen molar-refractivity contribution in [3.05, 3.63) is 35.4 Å². The molecule has 0 saturated carbocycles. The summed E-state index contributed by atoms with van der Waals surface area (Å²) in [6, 6.07) is 2.99. The van der Waals surface area contributed by atoms with Crippen LogP contribution in [-0.4, -0.2) is 46.2 Å². The van der Waals surface area contributed by atoms with E-state index < -0.39 is 16.1 Å². The van der Waals surface area contributed by atoms with Gasteiger partial charge in [-0.05, 0) is 39.8 Å². The summed E-state index contributed by atoms with van der Waals surface area (Å²) in [7, 11) is -2.14. The number of hydrogen-bond acceptors (Lipinski definition) is 4. The van der Waals surface area contributed by atoms with Crippen molar-refractivity contribution in [2.75, 3.05) is 6.54 Å². The molecule has 2 aromatic rings. The van der Waals surface area contributed by atoms with E-state index in [-0.39, 0.29) is 16.8 Å². The molecule has 26 heavy (non-hydrogen) atoms. The Morgan fingerprint density at radius 3 is 2.65 bits per heavy atom. The molecule has 1 aliphatic heterocycles. The van der Waals surface area contributed by atoms with Crippen LogP contribution in [0.4, 0.5) is 0 Å². The van der Waals surface area contributed by atoms with Crippen molar-refractivity contribution in [1.29, 1.82) is 0 Å². The zero-order chi connectivity index (χ0) is 19.2. The van der Waals surface area contributed by atoms with Gasteiger partial charge in [0.1, 0.15) is 4.90 Å². The number of fused-ring (bicyclic) bond motifs is 1. The summed E-state index contributed by atoms with van der Waals surface area (Å²) in [5.74, 6) is -0.229. The molecule has 0 unspecified atom stereocenters. The minimum Gasteiger partial charge on any atom is -0.348 e. The molecule has 3 rings (SSSR count). The van der Waals surface area contributed by atoms with E-state index in [0.29, 0.717) is 24.5 Å². The van der Waals surface area contributed by atoms with Crippen molar-refractivity contribution in [2.24, 2.45) is 7.05 Å². The zero-order valence-electron chi connectivity index (χ0n) is 15.7. The summed E-state index contributed by atoms with van der Waals surface area (Å²) in [5, 5.41) is 4.15. The van der Waals surface area contributed by atoms with Gasteiger partial charge in [0.15, 0.2) is 0 Å². The zero-order valence-corrected chi connectivity index (χ0v) is 16.5. The molecule has 1 aliphatic rings. The predicted molar refractivity (Wildman–Crippen MR) is 97.0 cm³/mol. The van der Waals surface area contributed by atoms with Gasteiger partial charge in [-0.2, -0.15) is 9.82 Å². The van der Waals surface area contributed by atoms with Gasteiger partial charge in [-0.15, -0.1) is 0 Å². The van der Waals surface area contributed by atoms with Crippen LogP contribution in [0.25, 0.3) is 0 Å². The van der Waals surface area contributed by atoms with Gasteiger partial charge < -0.3 is 9.47 Å². The number of sulfonamides is 1. The van der Waals surface area contributed by atoms with Gasteiger partial charge in [0, 0.05) is 32.0 Å². The Kier molecular flexibility index (Phi) is 4.70. The molecule has 3 heterocycles. The third-order valence-corrected chi connectivity index (χ3v) is 6.83. The highest BCUT2D eigenvalue weighted by atomic mass is 32.2. The first kappa shape index (κ1) is 18.7. The predicted octanol–water partition coefficient (Wildman–Crippen LogP) is 1.11. The third-order valence-electron chi connectivity index (χ3n) is 5.04. The van der Waals surface area contributed by atoms with Gasteiger partial charge in [-0.25, -0.2) is 8.42 Å². The summed E-state index contributed by atoms with van der Waals surface area (Å²) in [4.78, 5) is 14.8. The summed E-state index contributed by atoms with van der Waals surface area (Å²) in [5.41, 5.74) is 2.01. The highest BCUT2D eigenvalue weighted by molar-refractivity contribution is 7.89. The van der Waals surface area contributed by atoms with Crippen LogP contribution >= 0.6 is 0 Å². The second-order valence-electron chi connectivity index (χ2n) is 6.80. The molecule has 0 spiro atoms. The molecule has 2 aromatic heterocycles.